The number of esters is 4. The molecule has 0 aliphatic heterocycles. The Morgan fingerprint density at radius 3 is 2.05 bits per heavy atom. The number of carbonyl (C=O) groups excluding carboxylic acids is 4. The van der Waals surface area contributed by atoms with E-state index in [9.17, 15) is 19.2 Å². The Bertz CT molecular complexity index is 415. The highest BCUT2D eigenvalue weighted by atomic mass is 16.6. The highest BCUT2D eigenvalue weighted by Crippen LogP contribution is 2.15. The van der Waals surface area contributed by atoms with Gasteiger partial charge in [-0.2, -0.15) is 0 Å². The molecular weight excluding hydrogens is 268 g/mol. The predicted molar refractivity (Wildman–Crippen MR) is 67.3 cm³/mol. The summed E-state index contributed by atoms with van der Waals surface area (Å²) in [6, 6.07) is 0. The molecular formula is C13H18O7. The average Bonchev–Trinajstić information content (AvgIpc) is 2.34. The second-order valence-electron chi connectivity index (χ2n) is 4.79. The Labute approximate surface area is 116 Å². The van der Waals surface area contributed by atoms with Gasteiger partial charge in [0.25, 0.3) is 0 Å². The first-order valence-corrected chi connectivity index (χ1v) is 5.84. The van der Waals surface area contributed by atoms with Crippen molar-refractivity contribution in [2.75, 3.05) is 13.7 Å². The minimum atomic E-state index is -0.801. The molecule has 0 fully saturated rings. The van der Waals surface area contributed by atoms with Crippen molar-refractivity contribution in [3.63, 3.8) is 0 Å². The van der Waals surface area contributed by atoms with Crippen LogP contribution in [0.1, 0.15) is 27.2 Å². The molecule has 7 nitrogen and oxygen atoms in total. The Hall–Kier alpha value is -2.18. The lowest BCUT2D eigenvalue weighted by molar-refractivity contribution is -0.166. The Balaban J connectivity index is 3.99. The van der Waals surface area contributed by atoms with Gasteiger partial charge in [0.05, 0.1) is 18.9 Å². The van der Waals surface area contributed by atoms with Crippen LogP contribution in [0.15, 0.2) is 12.2 Å². The number of methoxy groups -OCH3 is 1. The Morgan fingerprint density at radius 1 is 1.00 bits per heavy atom. The van der Waals surface area contributed by atoms with Crippen LogP contribution in [0.2, 0.25) is 0 Å². The number of ether oxygens (including phenoxy) is 3. The van der Waals surface area contributed by atoms with E-state index < -0.39 is 29.3 Å². The van der Waals surface area contributed by atoms with Gasteiger partial charge in [-0.05, 0) is 20.8 Å². The van der Waals surface area contributed by atoms with Crippen molar-refractivity contribution in [1.29, 1.82) is 0 Å². The molecule has 0 amide bonds. The summed E-state index contributed by atoms with van der Waals surface area (Å²) in [5, 5.41) is 0. The molecule has 0 saturated carbocycles. The molecule has 7 heteroatoms. The summed E-state index contributed by atoms with van der Waals surface area (Å²) in [4.78, 5) is 44.4. The van der Waals surface area contributed by atoms with Gasteiger partial charge >= 0.3 is 23.9 Å². The van der Waals surface area contributed by atoms with Crippen molar-refractivity contribution in [2.45, 2.75) is 27.2 Å². The first-order valence-electron chi connectivity index (χ1n) is 5.84. The summed E-state index contributed by atoms with van der Waals surface area (Å²) < 4.78 is 13.5. The Kier molecular flexibility index (Phi) is 7.20. The first-order chi connectivity index (χ1) is 9.16. The zero-order valence-electron chi connectivity index (χ0n) is 11.9. The third kappa shape index (κ3) is 8.02. The molecule has 0 aromatic carbocycles. The van der Waals surface area contributed by atoms with E-state index in [0.717, 1.165) is 12.2 Å². The zero-order valence-corrected chi connectivity index (χ0v) is 11.9. The van der Waals surface area contributed by atoms with Crippen LogP contribution in [-0.2, 0) is 33.4 Å². The molecule has 0 heterocycles. The molecule has 0 atom stereocenters. The van der Waals surface area contributed by atoms with Crippen LogP contribution in [0.3, 0.4) is 0 Å². The molecule has 0 radical (unpaired) electrons. The fourth-order valence-electron chi connectivity index (χ4n) is 0.795. The number of rotatable bonds is 5. The van der Waals surface area contributed by atoms with Gasteiger partial charge in [0.15, 0.2) is 0 Å². The van der Waals surface area contributed by atoms with E-state index in [1.807, 2.05) is 0 Å². The molecule has 0 aromatic rings. The van der Waals surface area contributed by atoms with E-state index in [-0.39, 0.29) is 13.0 Å². The maximum atomic E-state index is 11.4. The standard InChI is InChI=1S/C13H18O7/c1-13(2,3)12(17)20-11(16)7-8-19-10(15)6-5-9(14)18-4/h5-6H,7-8H2,1-4H3/b6-5-. The van der Waals surface area contributed by atoms with Gasteiger partial charge in [-0.3, -0.25) is 9.59 Å². The van der Waals surface area contributed by atoms with Crippen molar-refractivity contribution in [3.8, 4) is 0 Å². The van der Waals surface area contributed by atoms with Crippen LogP contribution < -0.4 is 0 Å². The van der Waals surface area contributed by atoms with Crippen molar-refractivity contribution in [2.24, 2.45) is 5.41 Å². The lowest BCUT2D eigenvalue weighted by Crippen LogP contribution is -2.26. The molecule has 0 aliphatic rings. The monoisotopic (exact) mass is 286 g/mol. The van der Waals surface area contributed by atoms with Crippen LogP contribution in [0, 0.1) is 5.41 Å². The summed E-state index contributed by atoms with van der Waals surface area (Å²) in [7, 11) is 1.17. The molecule has 20 heavy (non-hydrogen) atoms. The molecule has 0 N–H and O–H groups in total. The third-order valence-corrected chi connectivity index (χ3v) is 1.93. The SMILES string of the molecule is COC(=O)/C=C\C(=O)OCCC(=O)OC(=O)C(C)(C)C. The van der Waals surface area contributed by atoms with Gasteiger partial charge in [0.2, 0.25) is 0 Å². The van der Waals surface area contributed by atoms with E-state index in [1.54, 1.807) is 20.8 Å². The maximum Gasteiger partial charge on any atom is 0.331 e. The van der Waals surface area contributed by atoms with Gasteiger partial charge in [-0.25, -0.2) is 9.59 Å². The normalized spacial score (nSPS) is 11.0. The minimum absolute atomic E-state index is 0.249. The number of hydrogen-bond acceptors (Lipinski definition) is 7. The van der Waals surface area contributed by atoms with Gasteiger partial charge in [-0.1, -0.05) is 0 Å². The fraction of sp³-hybridized carbons (Fsp3) is 0.538. The largest absolute Gasteiger partial charge is 0.466 e. The van der Waals surface area contributed by atoms with Gasteiger partial charge in [0, 0.05) is 12.2 Å². The molecule has 0 saturated heterocycles. The summed E-state index contributed by atoms with van der Waals surface area (Å²) in [6.45, 7) is 4.58. The second kappa shape index (κ2) is 8.08. The molecule has 0 aliphatic carbocycles. The van der Waals surface area contributed by atoms with Crippen LogP contribution in [0.5, 0.6) is 0 Å². The molecule has 0 spiro atoms. The molecule has 0 unspecified atom stereocenters. The van der Waals surface area contributed by atoms with E-state index in [2.05, 4.69) is 14.2 Å². The van der Waals surface area contributed by atoms with Crippen LogP contribution in [0.4, 0.5) is 0 Å². The number of hydrogen-bond donors (Lipinski definition) is 0. The predicted octanol–water partition coefficient (Wildman–Crippen LogP) is 0.765. The molecule has 112 valence electrons. The zero-order chi connectivity index (χ0) is 15.8. The highest BCUT2D eigenvalue weighted by Gasteiger charge is 2.25. The molecule has 0 aromatic heterocycles. The van der Waals surface area contributed by atoms with Gasteiger partial charge in [0.1, 0.15) is 6.61 Å². The summed E-state index contributed by atoms with van der Waals surface area (Å²) in [5.74, 6) is -2.93. The van der Waals surface area contributed by atoms with Crippen molar-refractivity contribution in [3.05, 3.63) is 12.2 Å². The van der Waals surface area contributed by atoms with E-state index in [0.29, 0.717) is 0 Å². The quantitative estimate of drug-likeness (QED) is 0.318. The average molecular weight is 286 g/mol. The van der Waals surface area contributed by atoms with E-state index in [1.165, 1.54) is 7.11 Å². The highest BCUT2D eigenvalue weighted by molar-refractivity contribution is 5.92. The van der Waals surface area contributed by atoms with Gasteiger partial charge in [-0.15, -0.1) is 0 Å². The van der Waals surface area contributed by atoms with Gasteiger partial charge < -0.3 is 14.2 Å². The van der Waals surface area contributed by atoms with E-state index >= 15 is 0 Å². The fourth-order valence-corrected chi connectivity index (χ4v) is 0.795. The lowest BCUT2D eigenvalue weighted by Gasteiger charge is -2.15. The molecule has 0 rings (SSSR count). The first kappa shape index (κ1) is 17.8. The molecule has 0 bridgehead atoms. The minimum Gasteiger partial charge on any atom is -0.466 e. The van der Waals surface area contributed by atoms with Crippen molar-refractivity contribution in [1.82, 2.24) is 0 Å². The number of carbonyl (C=O) groups is 4. The maximum absolute atomic E-state index is 11.4. The topological polar surface area (TPSA) is 96.0 Å². The van der Waals surface area contributed by atoms with Crippen LogP contribution in [0.25, 0.3) is 0 Å². The lowest BCUT2D eigenvalue weighted by atomic mass is 9.97. The third-order valence-electron chi connectivity index (χ3n) is 1.93. The Morgan fingerprint density at radius 2 is 1.55 bits per heavy atom. The smallest absolute Gasteiger partial charge is 0.331 e. The summed E-state index contributed by atoms with van der Waals surface area (Å²) >= 11 is 0. The van der Waals surface area contributed by atoms with Crippen molar-refractivity contribution >= 4 is 23.9 Å². The van der Waals surface area contributed by atoms with E-state index in [4.69, 9.17) is 0 Å². The van der Waals surface area contributed by atoms with Crippen LogP contribution >= 0.6 is 0 Å². The second-order valence-corrected chi connectivity index (χ2v) is 4.79. The van der Waals surface area contributed by atoms with Crippen LogP contribution in [-0.4, -0.2) is 37.6 Å². The van der Waals surface area contributed by atoms with Crippen molar-refractivity contribution < 1.29 is 33.4 Å². The summed E-state index contributed by atoms with van der Waals surface area (Å²) in [6.07, 6.45) is 1.51. The summed E-state index contributed by atoms with van der Waals surface area (Å²) in [5.41, 5.74) is -0.782.